The molecule has 0 saturated heterocycles. The molecule has 0 rings (SSSR count). The highest BCUT2D eigenvalue weighted by Gasteiger charge is 2.38. The van der Waals surface area contributed by atoms with Crippen LogP contribution in [0.5, 0.6) is 0 Å². The normalized spacial score (nSPS) is 11.9. The number of carbonyl (C=O) groups excluding carboxylic acids is 1. The second-order valence-electron chi connectivity index (χ2n) is 3.13. The van der Waals surface area contributed by atoms with Crippen LogP contribution in [0.15, 0.2) is 0 Å². The van der Waals surface area contributed by atoms with Crippen molar-refractivity contribution in [3.8, 4) is 0 Å². The number of rotatable bonds is 6. The van der Waals surface area contributed by atoms with Crippen LogP contribution in [-0.2, 0) is 4.79 Å². The molecule has 1 amide bonds. The molecule has 0 unspecified atom stereocenters. The van der Waals surface area contributed by atoms with Crippen LogP contribution in [0.1, 0.15) is 20.3 Å². The SMILES string of the molecule is CCN(CC)CCCNC(=O)C(F)(F)F. The Morgan fingerprint density at radius 3 is 2.20 bits per heavy atom. The van der Waals surface area contributed by atoms with E-state index < -0.39 is 12.1 Å². The zero-order valence-corrected chi connectivity index (χ0v) is 9.02. The van der Waals surface area contributed by atoms with E-state index in [2.05, 4.69) is 4.90 Å². The molecule has 0 fully saturated rings. The van der Waals surface area contributed by atoms with Crippen LogP contribution >= 0.6 is 0 Å². The monoisotopic (exact) mass is 226 g/mol. The topological polar surface area (TPSA) is 32.3 Å². The molecule has 1 N–H and O–H groups in total. The lowest BCUT2D eigenvalue weighted by atomic mass is 10.3. The van der Waals surface area contributed by atoms with Gasteiger partial charge in [0.1, 0.15) is 0 Å². The van der Waals surface area contributed by atoms with Crippen molar-refractivity contribution in [1.82, 2.24) is 10.2 Å². The van der Waals surface area contributed by atoms with Gasteiger partial charge in [0.05, 0.1) is 0 Å². The summed E-state index contributed by atoms with van der Waals surface area (Å²) < 4.78 is 35.2. The molecule has 90 valence electrons. The van der Waals surface area contributed by atoms with E-state index in [-0.39, 0.29) is 6.54 Å². The summed E-state index contributed by atoms with van der Waals surface area (Å²) in [5.41, 5.74) is 0. The quantitative estimate of drug-likeness (QED) is 0.694. The Labute approximate surface area is 87.6 Å². The highest BCUT2D eigenvalue weighted by atomic mass is 19.4. The minimum Gasteiger partial charge on any atom is -0.348 e. The Morgan fingerprint density at radius 2 is 1.80 bits per heavy atom. The third-order valence-electron chi connectivity index (χ3n) is 2.09. The maximum Gasteiger partial charge on any atom is 0.471 e. The van der Waals surface area contributed by atoms with Crippen molar-refractivity contribution in [2.75, 3.05) is 26.2 Å². The summed E-state index contributed by atoms with van der Waals surface area (Å²) in [5.74, 6) is -1.86. The van der Waals surface area contributed by atoms with Crippen LogP contribution in [0, 0.1) is 0 Å². The van der Waals surface area contributed by atoms with Crippen LogP contribution in [0.25, 0.3) is 0 Å². The molecule has 0 aromatic heterocycles. The standard InChI is InChI=1S/C9H17F3N2O/c1-3-14(4-2)7-5-6-13-8(15)9(10,11)12/h3-7H2,1-2H3,(H,13,15). The summed E-state index contributed by atoms with van der Waals surface area (Å²) in [6, 6.07) is 0. The third kappa shape index (κ3) is 6.33. The van der Waals surface area contributed by atoms with Gasteiger partial charge >= 0.3 is 12.1 Å². The first-order valence-corrected chi connectivity index (χ1v) is 4.99. The van der Waals surface area contributed by atoms with Gasteiger partial charge < -0.3 is 10.2 Å². The molecule has 0 aliphatic rings. The first kappa shape index (κ1) is 14.2. The number of halogens is 3. The summed E-state index contributed by atoms with van der Waals surface area (Å²) in [4.78, 5) is 12.5. The second-order valence-corrected chi connectivity index (χ2v) is 3.13. The fraction of sp³-hybridized carbons (Fsp3) is 0.889. The molecule has 0 atom stereocenters. The molecule has 15 heavy (non-hydrogen) atoms. The van der Waals surface area contributed by atoms with Crippen LogP contribution in [-0.4, -0.2) is 43.2 Å². The molecule has 6 heteroatoms. The van der Waals surface area contributed by atoms with Gasteiger partial charge in [-0.25, -0.2) is 0 Å². The minimum atomic E-state index is -4.77. The van der Waals surface area contributed by atoms with Gasteiger partial charge in [-0.3, -0.25) is 4.79 Å². The van der Waals surface area contributed by atoms with E-state index in [1.807, 2.05) is 19.2 Å². The fourth-order valence-corrected chi connectivity index (χ4v) is 1.14. The Hall–Kier alpha value is -0.780. The van der Waals surface area contributed by atoms with Crippen molar-refractivity contribution >= 4 is 5.91 Å². The predicted molar refractivity (Wildman–Crippen MR) is 51.5 cm³/mol. The summed E-state index contributed by atoms with van der Waals surface area (Å²) in [5, 5.41) is 1.84. The van der Waals surface area contributed by atoms with Crippen molar-refractivity contribution in [2.24, 2.45) is 0 Å². The van der Waals surface area contributed by atoms with Crippen molar-refractivity contribution in [3.63, 3.8) is 0 Å². The molecule has 0 radical (unpaired) electrons. The van der Waals surface area contributed by atoms with E-state index in [0.717, 1.165) is 13.1 Å². The van der Waals surface area contributed by atoms with Crippen LogP contribution in [0.3, 0.4) is 0 Å². The number of hydrogen-bond donors (Lipinski definition) is 1. The first-order chi connectivity index (χ1) is 6.91. The van der Waals surface area contributed by atoms with E-state index in [9.17, 15) is 18.0 Å². The summed E-state index contributed by atoms with van der Waals surface area (Å²) >= 11 is 0. The highest BCUT2D eigenvalue weighted by molar-refractivity contribution is 5.81. The van der Waals surface area contributed by atoms with E-state index in [1.54, 1.807) is 0 Å². The zero-order valence-electron chi connectivity index (χ0n) is 9.02. The van der Waals surface area contributed by atoms with Crippen LogP contribution < -0.4 is 5.32 Å². The number of hydrogen-bond acceptors (Lipinski definition) is 2. The van der Waals surface area contributed by atoms with Gasteiger partial charge in [0.2, 0.25) is 0 Å². The molecular weight excluding hydrogens is 209 g/mol. The molecule has 3 nitrogen and oxygen atoms in total. The van der Waals surface area contributed by atoms with Crippen molar-refractivity contribution in [2.45, 2.75) is 26.4 Å². The van der Waals surface area contributed by atoms with Gasteiger partial charge in [-0.05, 0) is 26.1 Å². The zero-order chi connectivity index (χ0) is 11.9. The van der Waals surface area contributed by atoms with Crippen LogP contribution in [0.2, 0.25) is 0 Å². The Kier molecular flexibility index (Phi) is 6.31. The summed E-state index contributed by atoms with van der Waals surface area (Å²) in [6.45, 7) is 6.46. The number of amides is 1. The molecule has 0 aliphatic carbocycles. The van der Waals surface area contributed by atoms with Crippen molar-refractivity contribution in [3.05, 3.63) is 0 Å². The van der Waals surface area contributed by atoms with Gasteiger partial charge in [0.15, 0.2) is 0 Å². The second kappa shape index (κ2) is 6.66. The summed E-state index contributed by atoms with van der Waals surface area (Å²) in [6.07, 6.45) is -4.24. The maximum atomic E-state index is 11.7. The number of nitrogens with one attached hydrogen (secondary N) is 1. The molecule has 0 aromatic carbocycles. The van der Waals surface area contributed by atoms with E-state index in [0.29, 0.717) is 13.0 Å². The molecule has 0 saturated carbocycles. The Bertz CT molecular complexity index is 190. The average Bonchev–Trinajstić information content (AvgIpc) is 2.16. The highest BCUT2D eigenvalue weighted by Crippen LogP contribution is 2.13. The fourth-order valence-electron chi connectivity index (χ4n) is 1.14. The van der Waals surface area contributed by atoms with Crippen LogP contribution in [0.4, 0.5) is 13.2 Å². The van der Waals surface area contributed by atoms with E-state index in [1.165, 1.54) is 0 Å². The van der Waals surface area contributed by atoms with Crippen molar-refractivity contribution in [1.29, 1.82) is 0 Å². The average molecular weight is 226 g/mol. The van der Waals surface area contributed by atoms with Gasteiger partial charge in [0, 0.05) is 6.54 Å². The van der Waals surface area contributed by atoms with Crippen molar-refractivity contribution < 1.29 is 18.0 Å². The van der Waals surface area contributed by atoms with Gasteiger partial charge in [-0.2, -0.15) is 13.2 Å². The smallest absolute Gasteiger partial charge is 0.348 e. The molecule has 0 aromatic rings. The molecule has 0 heterocycles. The van der Waals surface area contributed by atoms with E-state index in [4.69, 9.17) is 0 Å². The molecular formula is C9H17F3N2O. The van der Waals surface area contributed by atoms with Gasteiger partial charge in [0.25, 0.3) is 0 Å². The first-order valence-electron chi connectivity index (χ1n) is 4.99. The van der Waals surface area contributed by atoms with Gasteiger partial charge in [-0.15, -0.1) is 0 Å². The lowest BCUT2D eigenvalue weighted by Crippen LogP contribution is -2.38. The molecule has 0 spiro atoms. The number of nitrogens with zero attached hydrogens (tertiary/aromatic N) is 1. The minimum absolute atomic E-state index is 0.0643. The Balaban J connectivity index is 3.59. The third-order valence-corrected chi connectivity index (χ3v) is 2.09. The molecule has 0 aliphatic heterocycles. The molecule has 0 bridgehead atoms. The lowest BCUT2D eigenvalue weighted by Gasteiger charge is -2.17. The predicted octanol–water partition coefficient (Wildman–Crippen LogP) is 1.40. The Morgan fingerprint density at radius 1 is 1.27 bits per heavy atom. The van der Waals surface area contributed by atoms with E-state index >= 15 is 0 Å². The summed E-state index contributed by atoms with van der Waals surface area (Å²) in [7, 11) is 0. The maximum absolute atomic E-state index is 11.7. The number of carbonyl (C=O) groups is 1. The van der Waals surface area contributed by atoms with Gasteiger partial charge in [-0.1, -0.05) is 13.8 Å². The lowest BCUT2D eigenvalue weighted by molar-refractivity contribution is -0.173. The number of alkyl halides is 3. The largest absolute Gasteiger partial charge is 0.471 e.